The molecular weight excluding hydrogens is 372 g/mol. The summed E-state index contributed by atoms with van der Waals surface area (Å²) in [6.45, 7) is 17.8. The Kier molecular flexibility index (Phi) is 6.80. The van der Waals surface area contributed by atoms with E-state index in [1.165, 1.54) is 83.5 Å². The molecule has 0 heterocycles. The topological polar surface area (TPSA) is 0 Å². The van der Waals surface area contributed by atoms with Gasteiger partial charge in [-0.1, -0.05) is 85.8 Å². The lowest BCUT2D eigenvalue weighted by atomic mass is 9.43. The molecule has 3 fully saturated rings. The third-order valence-electron chi connectivity index (χ3n) is 11.9. The van der Waals surface area contributed by atoms with Gasteiger partial charge >= 0.3 is 0 Å². The zero-order chi connectivity index (χ0) is 22.4. The summed E-state index contributed by atoms with van der Waals surface area (Å²) in [5, 5.41) is 0. The van der Waals surface area contributed by atoms with Crippen LogP contribution in [0, 0.1) is 51.8 Å². The van der Waals surface area contributed by atoms with E-state index in [0.717, 1.165) is 35.5 Å². The predicted molar refractivity (Wildman–Crippen MR) is 136 cm³/mol. The van der Waals surface area contributed by atoms with Crippen LogP contribution >= 0.6 is 0 Å². The largest absolute Gasteiger partial charge is 0.0839 e. The lowest BCUT2D eigenvalue weighted by Gasteiger charge is -2.61. The lowest BCUT2D eigenvalue weighted by Crippen LogP contribution is -2.52. The average Bonchev–Trinajstić information content (AvgIpc) is 3.09. The van der Waals surface area contributed by atoms with Crippen LogP contribution in [0.2, 0.25) is 0 Å². The Labute approximate surface area is 195 Å². The molecule has 3 saturated carbocycles. The van der Waals surface area contributed by atoms with Gasteiger partial charge in [0.25, 0.3) is 0 Å². The van der Waals surface area contributed by atoms with E-state index in [2.05, 4.69) is 54.5 Å². The van der Waals surface area contributed by atoms with Crippen LogP contribution in [0.3, 0.4) is 0 Å². The Morgan fingerprint density at radius 1 is 0.903 bits per heavy atom. The predicted octanol–water partition coefficient (Wildman–Crippen LogP) is 9.83. The molecule has 0 amide bonds. The van der Waals surface area contributed by atoms with E-state index >= 15 is 0 Å². The number of fused-ring (bicyclic) bond motifs is 5. The summed E-state index contributed by atoms with van der Waals surface area (Å²) in [6, 6.07) is 0. The maximum Gasteiger partial charge on any atom is -0.00797 e. The van der Waals surface area contributed by atoms with Crippen LogP contribution < -0.4 is 0 Å². The molecule has 0 radical (unpaired) electrons. The summed E-state index contributed by atoms with van der Waals surface area (Å²) in [5.41, 5.74) is 3.59. The maximum atomic E-state index is 2.83. The van der Waals surface area contributed by atoms with Gasteiger partial charge in [-0.2, -0.15) is 0 Å². The smallest absolute Gasteiger partial charge is 0.00797 e. The van der Waals surface area contributed by atoms with Crippen molar-refractivity contribution in [2.24, 2.45) is 51.8 Å². The molecule has 0 heteroatoms. The fourth-order valence-electron chi connectivity index (χ4n) is 10.2. The molecule has 0 saturated heterocycles. The van der Waals surface area contributed by atoms with Crippen molar-refractivity contribution in [3.8, 4) is 0 Å². The molecule has 0 N–H and O–H groups in total. The third-order valence-corrected chi connectivity index (χ3v) is 11.9. The Morgan fingerprint density at radius 3 is 2.32 bits per heavy atom. The summed E-state index contributed by atoms with van der Waals surface area (Å²) < 4.78 is 0. The first-order chi connectivity index (χ1) is 14.7. The van der Waals surface area contributed by atoms with Gasteiger partial charge in [0.2, 0.25) is 0 Å². The van der Waals surface area contributed by atoms with Crippen LogP contribution in [-0.4, -0.2) is 0 Å². The van der Waals surface area contributed by atoms with Crippen molar-refractivity contribution in [3.63, 3.8) is 0 Å². The van der Waals surface area contributed by atoms with Crippen LogP contribution in [-0.2, 0) is 0 Å². The molecule has 0 aliphatic heterocycles. The van der Waals surface area contributed by atoms with E-state index < -0.39 is 0 Å². The van der Waals surface area contributed by atoms with Crippen molar-refractivity contribution in [3.05, 3.63) is 11.6 Å². The molecule has 4 aliphatic carbocycles. The van der Waals surface area contributed by atoms with Crippen molar-refractivity contribution in [1.82, 2.24) is 0 Å². The SMILES string of the molecule is CCC1(CC)CCC[C@@]2(C)C1=CC[C@H]1[C@@H]3CC[C@H]([C@H](C)CCCC(C)C)[C@@]3(C)CC[C@@H]12. The van der Waals surface area contributed by atoms with Crippen LogP contribution in [0.4, 0.5) is 0 Å². The summed E-state index contributed by atoms with van der Waals surface area (Å²) in [5.74, 6) is 5.73. The summed E-state index contributed by atoms with van der Waals surface area (Å²) in [6.07, 6.45) is 21.8. The first-order valence-corrected chi connectivity index (χ1v) is 14.4. The van der Waals surface area contributed by atoms with Crippen molar-refractivity contribution < 1.29 is 0 Å². The number of hydrogen-bond acceptors (Lipinski definition) is 0. The van der Waals surface area contributed by atoms with Gasteiger partial charge in [-0.25, -0.2) is 0 Å². The van der Waals surface area contributed by atoms with Crippen LogP contribution in [0.25, 0.3) is 0 Å². The fourth-order valence-corrected chi connectivity index (χ4v) is 10.2. The first-order valence-electron chi connectivity index (χ1n) is 14.4. The second kappa shape index (κ2) is 8.83. The van der Waals surface area contributed by atoms with E-state index in [-0.39, 0.29) is 0 Å². The fraction of sp³-hybridized carbons (Fsp3) is 0.935. The molecule has 0 aromatic carbocycles. The lowest BCUT2D eigenvalue weighted by molar-refractivity contribution is -0.0611. The number of rotatable bonds is 7. The molecule has 0 spiro atoms. The highest BCUT2D eigenvalue weighted by molar-refractivity contribution is 5.30. The van der Waals surface area contributed by atoms with Crippen LogP contribution in [0.15, 0.2) is 11.6 Å². The van der Waals surface area contributed by atoms with Gasteiger partial charge in [0.15, 0.2) is 0 Å². The molecule has 0 aromatic heterocycles. The van der Waals surface area contributed by atoms with Gasteiger partial charge in [0, 0.05) is 0 Å². The quantitative estimate of drug-likeness (QED) is 0.355. The molecule has 31 heavy (non-hydrogen) atoms. The molecule has 7 atom stereocenters. The highest BCUT2D eigenvalue weighted by atomic mass is 14.6. The Hall–Kier alpha value is -0.260. The van der Waals surface area contributed by atoms with E-state index in [1.807, 2.05) is 5.57 Å². The highest BCUT2D eigenvalue weighted by Gasteiger charge is 2.60. The van der Waals surface area contributed by atoms with Gasteiger partial charge in [0.05, 0.1) is 0 Å². The number of allylic oxidation sites excluding steroid dienone is 2. The van der Waals surface area contributed by atoms with E-state index in [4.69, 9.17) is 0 Å². The zero-order valence-corrected chi connectivity index (χ0v) is 22.2. The molecule has 0 nitrogen and oxygen atoms in total. The van der Waals surface area contributed by atoms with Crippen molar-refractivity contribution in [2.75, 3.05) is 0 Å². The zero-order valence-electron chi connectivity index (χ0n) is 22.2. The Morgan fingerprint density at radius 2 is 1.65 bits per heavy atom. The summed E-state index contributed by atoms with van der Waals surface area (Å²) in [4.78, 5) is 0. The Bertz CT molecular complexity index is 651. The Balaban J connectivity index is 1.55. The minimum atomic E-state index is 0.509. The minimum absolute atomic E-state index is 0.509. The van der Waals surface area contributed by atoms with Crippen LogP contribution in [0.1, 0.15) is 132 Å². The summed E-state index contributed by atoms with van der Waals surface area (Å²) in [7, 11) is 0. The monoisotopic (exact) mass is 426 g/mol. The molecule has 0 bridgehead atoms. The maximum absolute atomic E-state index is 2.83. The second-order valence-corrected chi connectivity index (χ2v) is 13.5. The number of hydrogen-bond donors (Lipinski definition) is 0. The standard InChI is InChI=1S/C31H54/c1-8-31(9-2)20-11-19-30(7)27-18-21-29(6)25(23(5)13-10-12-22(3)4)15-16-26(29)24(27)14-17-28(30)31/h17,22-27H,8-16,18-21H2,1-7H3/t23-,24+,25-,26+,27+,29-,30-/m1/s1. The van der Waals surface area contributed by atoms with Crippen molar-refractivity contribution in [1.29, 1.82) is 0 Å². The van der Waals surface area contributed by atoms with Gasteiger partial charge in [0.1, 0.15) is 0 Å². The third kappa shape index (κ3) is 3.79. The first kappa shape index (κ1) is 23.9. The van der Waals surface area contributed by atoms with E-state index in [1.54, 1.807) is 0 Å². The van der Waals surface area contributed by atoms with E-state index in [9.17, 15) is 0 Å². The molecule has 0 aromatic rings. The average molecular weight is 427 g/mol. The van der Waals surface area contributed by atoms with Gasteiger partial charge in [-0.15, -0.1) is 0 Å². The summed E-state index contributed by atoms with van der Waals surface area (Å²) >= 11 is 0. The van der Waals surface area contributed by atoms with Gasteiger partial charge < -0.3 is 0 Å². The van der Waals surface area contributed by atoms with Gasteiger partial charge in [-0.05, 0) is 110 Å². The molecular formula is C31H54. The van der Waals surface area contributed by atoms with E-state index in [0.29, 0.717) is 16.2 Å². The normalized spacial score (nSPS) is 42.5. The van der Waals surface area contributed by atoms with Crippen LogP contribution in [0.5, 0.6) is 0 Å². The highest BCUT2D eigenvalue weighted by Crippen LogP contribution is 2.69. The molecule has 4 rings (SSSR count). The molecule has 0 unspecified atom stereocenters. The molecule has 4 aliphatic rings. The second-order valence-electron chi connectivity index (χ2n) is 13.5. The van der Waals surface area contributed by atoms with Crippen molar-refractivity contribution >= 4 is 0 Å². The van der Waals surface area contributed by atoms with Gasteiger partial charge in [-0.3, -0.25) is 0 Å². The minimum Gasteiger partial charge on any atom is -0.0839 e. The van der Waals surface area contributed by atoms with Crippen molar-refractivity contribution in [2.45, 2.75) is 132 Å². The molecule has 178 valence electrons.